The molecule has 3 heterocycles. The van der Waals surface area contributed by atoms with Gasteiger partial charge in [0.05, 0.1) is 17.0 Å². The number of phenolic OH excluding ortho intramolecular Hbond substituents is 1. The Morgan fingerprint density at radius 1 is 1.21 bits per heavy atom. The number of benzene rings is 1. The van der Waals surface area contributed by atoms with Gasteiger partial charge in [0, 0.05) is 48.8 Å². The molecule has 4 aliphatic rings. The van der Waals surface area contributed by atoms with Crippen LogP contribution in [0.3, 0.4) is 0 Å². The molecule has 1 saturated heterocycles. The van der Waals surface area contributed by atoms with Crippen LogP contribution in [-0.4, -0.2) is 54.6 Å². The van der Waals surface area contributed by atoms with Gasteiger partial charge in [-0.3, -0.25) is 9.69 Å². The van der Waals surface area contributed by atoms with Crippen LogP contribution in [0, 0.1) is 12.8 Å². The molecule has 0 radical (unpaired) electrons. The smallest absolute Gasteiger partial charge is 0.250 e. The van der Waals surface area contributed by atoms with Gasteiger partial charge in [-0.05, 0) is 80.0 Å². The Bertz CT molecular complexity index is 1370. The van der Waals surface area contributed by atoms with Crippen LogP contribution in [0.15, 0.2) is 41.3 Å². The first-order valence-corrected chi connectivity index (χ1v) is 12.4. The van der Waals surface area contributed by atoms with Crippen molar-refractivity contribution < 1.29 is 10.2 Å². The lowest BCUT2D eigenvalue weighted by atomic mass is 9.49. The van der Waals surface area contributed by atoms with Crippen LogP contribution in [0.4, 0.5) is 0 Å². The topological polar surface area (TPSA) is 94.4 Å². The van der Waals surface area contributed by atoms with Crippen LogP contribution < -0.4 is 5.56 Å². The number of rotatable bonds is 3. The molecular formula is C27H30N4O3. The maximum atomic E-state index is 12.7. The number of H-pyrrole nitrogens is 1. The lowest BCUT2D eigenvalue weighted by Crippen LogP contribution is -2.74. The van der Waals surface area contributed by atoms with E-state index in [1.165, 1.54) is 18.4 Å². The van der Waals surface area contributed by atoms with Crippen LogP contribution >= 0.6 is 0 Å². The highest BCUT2D eigenvalue weighted by Crippen LogP contribution is 2.58. The van der Waals surface area contributed by atoms with Crippen molar-refractivity contribution in [1.82, 2.24) is 19.7 Å². The van der Waals surface area contributed by atoms with Gasteiger partial charge in [0.25, 0.3) is 0 Å². The molecular weight excluding hydrogens is 428 g/mol. The van der Waals surface area contributed by atoms with E-state index in [0.717, 1.165) is 60.1 Å². The van der Waals surface area contributed by atoms with Gasteiger partial charge >= 0.3 is 0 Å². The number of aromatic nitrogens is 3. The summed E-state index contributed by atoms with van der Waals surface area (Å²) in [4.78, 5) is 17.3. The number of aryl methyl sites for hydroxylation is 1. The van der Waals surface area contributed by atoms with Gasteiger partial charge in [0.1, 0.15) is 5.75 Å². The van der Waals surface area contributed by atoms with Gasteiger partial charge in [0.2, 0.25) is 5.56 Å². The van der Waals surface area contributed by atoms with Gasteiger partial charge in [-0.2, -0.15) is 5.10 Å². The van der Waals surface area contributed by atoms with Crippen LogP contribution in [-0.2, 0) is 24.7 Å². The maximum absolute atomic E-state index is 12.7. The van der Waals surface area contributed by atoms with E-state index in [9.17, 15) is 15.0 Å². The minimum atomic E-state index is -0.930. The summed E-state index contributed by atoms with van der Waals surface area (Å²) in [5.74, 6) is 1.01. The number of likely N-dealkylation sites (tertiary alicyclic amines) is 1. The van der Waals surface area contributed by atoms with E-state index >= 15 is 0 Å². The average molecular weight is 459 g/mol. The number of aromatic amines is 1. The highest BCUT2D eigenvalue weighted by Gasteiger charge is 2.65. The average Bonchev–Trinajstić information content (AvgIpc) is 3.57. The fourth-order valence-corrected chi connectivity index (χ4v) is 7.22. The predicted molar refractivity (Wildman–Crippen MR) is 127 cm³/mol. The van der Waals surface area contributed by atoms with Crippen LogP contribution in [0.1, 0.15) is 47.3 Å². The zero-order valence-corrected chi connectivity index (χ0v) is 19.4. The molecule has 7 heteroatoms. The molecule has 176 valence electrons. The van der Waals surface area contributed by atoms with Crippen molar-refractivity contribution in [2.24, 2.45) is 5.92 Å². The molecule has 1 aliphatic heterocycles. The van der Waals surface area contributed by atoms with Crippen molar-refractivity contribution in [1.29, 1.82) is 0 Å². The molecule has 3 N–H and O–H groups in total. The summed E-state index contributed by atoms with van der Waals surface area (Å²) in [6.07, 6.45) is 7.06. The van der Waals surface area contributed by atoms with Crippen molar-refractivity contribution >= 4 is 0 Å². The molecule has 0 unspecified atom stereocenters. The molecule has 0 spiro atoms. The fourth-order valence-electron chi connectivity index (χ4n) is 7.22. The Hall–Kier alpha value is -2.90. The molecule has 2 fully saturated rings. The highest BCUT2D eigenvalue weighted by molar-refractivity contribution is 5.53. The Morgan fingerprint density at radius 3 is 2.85 bits per heavy atom. The molecule has 2 aromatic heterocycles. The Labute approximate surface area is 198 Å². The second kappa shape index (κ2) is 6.83. The number of aliphatic hydroxyl groups is 1. The Morgan fingerprint density at radius 2 is 2.06 bits per heavy atom. The zero-order valence-electron chi connectivity index (χ0n) is 19.4. The van der Waals surface area contributed by atoms with Gasteiger partial charge < -0.3 is 15.2 Å². The van der Waals surface area contributed by atoms with Gasteiger partial charge in [-0.25, -0.2) is 4.68 Å². The molecule has 1 saturated carbocycles. The summed E-state index contributed by atoms with van der Waals surface area (Å²) in [6.45, 7) is 4.02. The molecule has 7 nitrogen and oxygen atoms in total. The van der Waals surface area contributed by atoms with Gasteiger partial charge in [-0.15, -0.1) is 0 Å². The van der Waals surface area contributed by atoms with Crippen LogP contribution in [0.5, 0.6) is 5.75 Å². The normalized spacial score (nSPS) is 29.9. The van der Waals surface area contributed by atoms with Crippen molar-refractivity contribution in [3.63, 3.8) is 0 Å². The highest BCUT2D eigenvalue weighted by atomic mass is 16.3. The SMILES string of the molecule is Cc1nn(-c2cc[nH]c(=O)c2)c2c1C[C@@]1(O)[C@H]3Cc4ccc(O)cc4[C@@]1(CCN3CC1CC1)C2. The predicted octanol–water partition coefficient (Wildman–Crippen LogP) is 2.38. The van der Waals surface area contributed by atoms with Crippen LogP contribution in [0.25, 0.3) is 5.69 Å². The maximum Gasteiger partial charge on any atom is 0.250 e. The van der Waals surface area contributed by atoms with Gasteiger partial charge in [0.15, 0.2) is 0 Å². The molecule has 3 atom stereocenters. The van der Waals surface area contributed by atoms with Gasteiger partial charge in [-0.1, -0.05) is 6.07 Å². The molecule has 0 amide bonds. The van der Waals surface area contributed by atoms with E-state index in [0.29, 0.717) is 12.8 Å². The third-order valence-electron chi connectivity index (χ3n) is 9.07. The Balaban J connectivity index is 1.43. The number of hydrogen-bond donors (Lipinski definition) is 3. The minimum Gasteiger partial charge on any atom is -0.508 e. The minimum absolute atomic E-state index is 0.0503. The fraction of sp³-hybridized carbons (Fsp3) is 0.481. The number of piperidine rings is 1. The number of phenols is 1. The standard InChI is InChI=1S/C27H30N4O3/c1-16-21-13-27(34)24-10-18-4-5-20(32)12-22(18)26(27,7-9-30(24)15-17-2-3-17)14-23(21)31(29-16)19-6-8-28-25(33)11-19/h4-6,8,11-12,17,24,32,34H,2-3,7,9-10,13-15H2,1H3,(H,28,33)/t24-,26-,27-/m1/s1. The third-order valence-corrected chi connectivity index (χ3v) is 9.07. The van der Waals surface area contributed by atoms with E-state index in [-0.39, 0.29) is 17.4 Å². The number of fused-ring (bicyclic) bond motifs is 2. The lowest BCUT2D eigenvalue weighted by molar-refractivity contribution is -0.152. The summed E-state index contributed by atoms with van der Waals surface area (Å²) >= 11 is 0. The monoisotopic (exact) mass is 458 g/mol. The van der Waals surface area contributed by atoms with Crippen molar-refractivity contribution in [2.45, 2.75) is 62.5 Å². The second-order valence-corrected chi connectivity index (χ2v) is 10.9. The molecule has 34 heavy (non-hydrogen) atoms. The largest absolute Gasteiger partial charge is 0.508 e. The second-order valence-electron chi connectivity index (χ2n) is 10.9. The number of aromatic hydroxyl groups is 1. The summed E-state index contributed by atoms with van der Waals surface area (Å²) in [5.41, 5.74) is 4.54. The van der Waals surface area contributed by atoms with Crippen molar-refractivity contribution in [3.8, 4) is 11.4 Å². The summed E-state index contributed by atoms with van der Waals surface area (Å²) in [7, 11) is 0. The van der Waals surface area contributed by atoms with Crippen molar-refractivity contribution in [2.75, 3.05) is 13.1 Å². The summed E-state index contributed by atoms with van der Waals surface area (Å²) in [6, 6.07) is 9.21. The summed E-state index contributed by atoms with van der Waals surface area (Å²) < 4.78 is 1.90. The number of nitrogens with zero attached hydrogens (tertiary/aromatic N) is 3. The molecule has 1 aromatic carbocycles. The third kappa shape index (κ3) is 2.71. The first-order chi connectivity index (χ1) is 16.4. The number of nitrogens with one attached hydrogen (secondary N) is 1. The molecule has 3 aromatic rings. The zero-order chi connectivity index (χ0) is 23.2. The quantitative estimate of drug-likeness (QED) is 0.560. The Kier molecular flexibility index (Phi) is 4.11. The summed E-state index contributed by atoms with van der Waals surface area (Å²) in [5, 5.41) is 28.0. The molecule has 2 bridgehead atoms. The van der Waals surface area contributed by atoms with Crippen molar-refractivity contribution in [3.05, 3.63) is 75.0 Å². The van der Waals surface area contributed by atoms with E-state index in [1.807, 2.05) is 23.7 Å². The lowest BCUT2D eigenvalue weighted by Gasteiger charge is -2.63. The van der Waals surface area contributed by atoms with E-state index < -0.39 is 11.0 Å². The number of hydrogen-bond acceptors (Lipinski definition) is 5. The van der Waals surface area contributed by atoms with Crippen LogP contribution in [0.2, 0.25) is 0 Å². The first kappa shape index (κ1) is 20.5. The van der Waals surface area contributed by atoms with E-state index in [1.54, 1.807) is 18.3 Å². The number of pyridine rings is 1. The first-order valence-electron chi connectivity index (χ1n) is 12.4. The van der Waals surface area contributed by atoms with E-state index in [2.05, 4.69) is 16.0 Å². The molecule has 3 aliphatic carbocycles. The molecule has 7 rings (SSSR count). The van der Waals surface area contributed by atoms with E-state index in [4.69, 9.17) is 5.10 Å².